The fraction of sp³-hybridized carbons (Fsp3) is 0.412. The summed E-state index contributed by atoms with van der Waals surface area (Å²) in [5.41, 5.74) is 0.818. The number of carbonyl (C=O) groups excluding carboxylic acids is 1. The van der Waals surface area contributed by atoms with Crippen LogP contribution in [0.15, 0.2) is 23.1 Å². The SMILES string of the molecule is CCOc1cc(/C=C2\SC(=S)N(C3CCCC3)C2=O)ccc1O. The van der Waals surface area contributed by atoms with Gasteiger partial charge in [-0.2, -0.15) is 0 Å². The van der Waals surface area contributed by atoms with E-state index in [9.17, 15) is 9.90 Å². The average molecular weight is 349 g/mol. The summed E-state index contributed by atoms with van der Waals surface area (Å²) in [7, 11) is 0. The number of thiocarbonyl (C=S) groups is 1. The third kappa shape index (κ3) is 3.38. The first-order valence-corrected chi connectivity index (χ1v) is 9.05. The van der Waals surface area contributed by atoms with Crippen LogP contribution in [-0.4, -0.2) is 32.9 Å². The second-order valence-electron chi connectivity index (χ2n) is 5.65. The van der Waals surface area contributed by atoms with Crippen LogP contribution in [0.2, 0.25) is 0 Å². The number of carbonyl (C=O) groups is 1. The molecule has 4 nitrogen and oxygen atoms in total. The summed E-state index contributed by atoms with van der Waals surface area (Å²) in [5.74, 6) is 0.521. The molecule has 122 valence electrons. The van der Waals surface area contributed by atoms with Gasteiger partial charge in [0.1, 0.15) is 4.32 Å². The smallest absolute Gasteiger partial charge is 0.266 e. The molecule has 6 heteroatoms. The van der Waals surface area contributed by atoms with E-state index in [2.05, 4.69) is 0 Å². The monoisotopic (exact) mass is 349 g/mol. The molecule has 0 atom stereocenters. The highest BCUT2D eigenvalue weighted by Gasteiger charge is 2.38. The first kappa shape index (κ1) is 16.3. The molecule has 1 saturated carbocycles. The summed E-state index contributed by atoms with van der Waals surface area (Å²) in [6.45, 7) is 2.33. The third-order valence-electron chi connectivity index (χ3n) is 4.09. The molecular formula is C17H19NO3S2. The molecule has 2 fully saturated rings. The summed E-state index contributed by atoms with van der Waals surface area (Å²) >= 11 is 6.75. The van der Waals surface area contributed by atoms with Crippen LogP contribution >= 0.6 is 24.0 Å². The zero-order chi connectivity index (χ0) is 16.4. The van der Waals surface area contributed by atoms with Crippen molar-refractivity contribution in [3.8, 4) is 11.5 Å². The molecule has 0 unspecified atom stereocenters. The molecule has 1 aliphatic carbocycles. The van der Waals surface area contributed by atoms with Crippen molar-refractivity contribution in [2.45, 2.75) is 38.6 Å². The predicted molar refractivity (Wildman–Crippen MR) is 96.5 cm³/mol. The molecule has 3 rings (SSSR count). The van der Waals surface area contributed by atoms with Gasteiger partial charge >= 0.3 is 0 Å². The molecular weight excluding hydrogens is 330 g/mol. The van der Waals surface area contributed by atoms with Crippen molar-refractivity contribution in [3.63, 3.8) is 0 Å². The van der Waals surface area contributed by atoms with Gasteiger partial charge in [-0.25, -0.2) is 0 Å². The minimum atomic E-state index is -0.00191. The number of phenols is 1. The van der Waals surface area contributed by atoms with Gasteiger partial charge in [-0.15, -0.1) is 0 Å². The van der Waals surface area contributed by atoms with Gasteiger partial charge < -0.3 is 9.84 Å². The van der Waals surface area contributed by atoms with Crippen molar-refractivity contribution in [3.05, 3.63) is 28.7 Å². The summed E-state index contributed by atoms with van der Waals surface area (Å²) in [5, 5.41) is 9.76. The van der Waals surface area contributed by atoms with E-state index in [1.807, 2.05) is 13.0 Å². The minimum Gasteiger partial charge on any atom is -0.504 e. The quantitative estimate of drug-likeness (QED) is 0.659. The summed E-state index contributed by atoms with van der Waals surface area (Å²) in [6.07, 6.45) is 6.21. The summed E-state index contributed by atoms with van der Waals surface area (Å²) in [4.78, 5) is 15.1. The number of nitrogens with zero attached hydrogens (tertiary/aromatic N) is 1. The number of benzene rings is 1. The molecule has 0 bridgehead atoms. The average Bonchev–Trinajstić information content (AvgIpc) is 3.12. The lowest BCUT2D eigenvalue weighted by molar-refractivity contribution is -0.123. The normalized spacial score (nSPS) is 20.7. The van der Waals surface area contributed by atoms with Gasteiger partial charge in [0.15, 0.2) is 11.5 Å². The molecule has 0 radical (unpaired) electrons. The highest BCUT2D eigenvalue weighted by Crippen LogP contribution is 2.38. The Morgan fingerprint density at radius 3 is 2.87 bits per heavy atom. The number of hydrogen-bond acceptors (Lipinski definition) is 5. The zero-order valence-corrected chi connectivity index (χ0v) is 14.6. The third-order valence-corrected chi connectivity index (χ3v) is 5.43. The lowest BCUT2D eigenvalue weighted by Gasteiger charge is -2.21. The van der Waals surface area contributed by atoms with Crippen molar-refractivity contribution in [1.82, 2.24) is 4.90 Å². The summed E-state index contributed by atoms with van der Waals surface area (Å²) in [6, 6.07) is 5.34. The Balaban J connectivity index is 1.84. The second-order valence-corrected chi connectivity index (χ2v) is 7.33. The van der Waals surface area contributed by atoms with Gasteiger partial charge in [0.05, 0.1) is 11.5 Å². The largest absolute Gasteiger partial charge is 0.504 e. The first-order valence-electron chi connectivity index (χ1n) is 7.83. The molecule has 0 aromatic heterocycles. The Kier molecular flexibility index (Phi) is 4.92. The Bertz CT molecular complexity index is 666. The molecule has 1 heterocycles. The Morgan fingerprint density at radius 1 is 1.43 bits per heavy atom. The lowest BCUT2D eigenvalue weighted by Crippen LogP contribution is -2.36. The van der Waals surface area contributed by atoms with E-state index in [4.69, 9.17) is 17.0 Å². The second kappa shape index (κ2) is 6.93. The van der Waals surface area contributed by atoms with E-state index >= 15 is 0 Å². The number of hydrogen-bond donors (Lipinski definition) is 1. The standard InChI is InChI=1S/C17H19NO3S2/c1-2-21-14-9-11(7-8-13(14)19)10-15-16(20)18(17(22)23-15)12-5-3-4-6-12/h7-10,12,19H,2-6H2,1H3/b15-10-. The molecule has 1 amide bonds. The Hall–Kier alpha value is -1.53. The Morgan fingerprint density at radius 2 is 2.17 bits per heavy atom. The maximum atomic E-state index is 12.7. The highest BCUT2D eigenvalue weighted by atomic mass is 32.2. The maximum Gasteiger partial charge on any atom is 0.266 e. The van der Waals surface area contributed by atoms with Gasteiger partial charge in [-0.1, -0.05) is 42.9 Å². The van der Waals surface area contributed by atoms with Crippen molar-refractivity contribution in [2.75, 3.05) is 6.61 Å². The van der Waals surface area contributed by atoms with Crippen LogP contribution in [-0.2, 0) is 4.79 Å². The molecule has 1 aromatic rings. The number of rotatable bonds is 4. The number of amides is 1. The van der Waals surface area contributed by atoms with Gasteiger partial charge in [0.2, 0.25) is 0 Å². The minimum absolute atomic E-state index is 0.00191. The molecule has 0 spiro atoms. The maximum absolute atomic E-state index is 12.7. The molecule has 1 aliphatic heterocycles. The van der Waals surface area contributed by atoms with Gasteiger partial charge in [0.25, 0.3) is 5.91 Å². The number of phenolic OH excluding ortho intramolecular Hbond substituents is 1. The molecule has 23 heavy (non-hydrogen) atoms. The number of ether oxygens (including phenoxy) is 1. The summed E-state index contributed by atoms with van der Waals surface area (Å²) < 4.78 is 6.03. The number of thioether (sulfide) groups is 1. The van der Waals surface area contributed by atoms with E-state index in [1.165, 1.54) is 11.8 Å². The van der Waals surface area contributed by atoms with Crippen LogP contribution in [0.1, 0.15) is 38.2 Å². The van der Waals surface area contributed by atoms with Gasteiger partial charge in [0, 0.05) is 6.04 Å². The van der Waals surface area contributed by atoms with Crippen LogP contribution in [0.5, 0.6) is 11.5 Å². The van der Waals surface area contributed by atoms with E-state index in [0.717, 1.165) is 31.2 Å². The van der Waals surface area contributed by atoms with Crippen LogP contribution in [0.4, 0.5) is 0 Å². The zero-order valence-electron chi connectivity index (χ0n) is 12.9. The fourth-order valence-electron chi connectivity index (χ4n) is 3.00. The lowest BCUT2D eigenvalue weighted by atomic mass is 10.1. The first-order chi connectivity index (χ1) is 11.1. The van der Waals surface area contributed by atoms with E-state index in [-0.39, 0.29) is 17.7 Å². The van der Waals surface area contributed by atoms with Crippen molar-refractivity contribution in [1.29, 1.82) is 0 Å². The molecule has 2 aliphatic rings. The van der Waals surface area contributed by atoms with Crippen LogP contribution in [0.3, 0.4) is 0 Å². The topological polar surface area (TPSA) is 49.8 Å². The van der Waals surface area contributed by atoms with Crippen LogP contribution in [0, 0.1) is 0 Å². The van der Waals surface area contributed by atoms with Crippen LogP contribution < -0.4 is 4.74 Å². The Labute approximate surface area is 145 Å². The molecule has 1 aromatic carbocycles. The van der Waals surface area contributed by atoms with E-state index < -0.39 is 0 Å². The fourth-order valence-corrected chi connectivity index (χ4v) is 4.40. The highest BCUT2D eigenvalue weighted by molar-refractivity contribution is 8.26. The van der Waals surface area contributed by atoms with Crippen molar-refractivity contribution in [2.24, 2.45) is 0 Å². The molecule has 1 N–H and O–H groups in total. The van der Waals surface area contributed by atoms with E-state index in [1.54, 1.807) is 23.1 Å². The van der Waals surface area contributed by atoms with E-state index in [0.29, 0.717) is 21.6 Å². The van der Waals surface area contributed by atoms with Gasteiger partial charge in [-0.3, -0.25) is 9.69 Å². The van der Waals surface area contributed by atoms with Crippen molar-refractivity contribution >= 4 is 40.3 Å². The van der Waals surface area contributed by atoms with Gasteiger partial charge in [-0.05, 0) is 43.5 Å². The van der Waals surface area contributed by atoms with Crippen molar-refractivity contribution < 1.29 is 14.6 Å². The molecule has 1 saturated heterocycles. The predicted octanol–water partition coefficient (Wildman–Crippen LogP) is 3.93. The number of aromatic hydroxyl groups is 1. The van der Waals surface area contributed by atoms with Crippen LogP contribution in [0.25, 0.3) is 6.08 Å².